The van der Waals surface area contributed by atoms with E-state index in [2.05, 4.69) is 5.32 Å². The second-order valence-corrected chi connectivity index (χ2v) is 7.71. The van der Waals surface area contributed by atoms with Gasteiger partial charge in [0.25, 0.3) is 0 Å². The zero-order valence-electron chi connectivity index (χ0n) is 13.3. The SMILES string of the molecule is CCNCc1sccc1S(=O)(=O)N(CCOC)C(C)CC. The van der Waals surface area contributed by atoms with E-state index in [1.807, 2.05) is 26.2 Å². The first-order valence-corrected chi connectivity index (χ1v) is 9.58. The van der Waals surface area contributed by atoms with E-state index in [1.165, 1.54) is 11.3 Å². The fourth-order valence-electron chi connectivity index (χ4n) is 2.01. The van der Waals surface area contributed by atoms with Crippen LogP contribution in [0.15, 0.2) is 16.3 Å². The molecule has 0 aliphatic heterocycles. The third-order valence-electron chi connectivity index (χ3n) is 3.42. The van der Waals surface area contributed by atoms with Crippen LogP contribution in [0.3, 0.4) is 0 Å². The molecule has 1 atom stereocenters. The molecule has 1 aromatic heterocycles. The van der Waals surface area contributed by atoms with Gasteiger partial charge in [-0.2, -0.15) is 4.31 Å². The normalized spacial score (nSPS) is 13.8. The molecule has 0 spiro atoms. The first kappa shape index (κ1) is 18.6. The van der Waals surface area contributed by atoms with Crippen LogP contribution < -0.4 is 5.32 Å². The van der Waals surface area contributed by atoms with Crippen LogP contribution in [0.25, 0.3) is 0 Å². The number of ether oxygens (including phenoxy) is 1. The Hall–Kier alpha value is -0.470. The van der Waals surface area contributed by atoms with Crippen molar-refractivity contribution >= 4 is 21.4 Å². The summed E-state index contributed by atoms with van der Waals surface area (Å²) in [5, 5.41) is 5.03. The van der Waals surface area contributed by atoms with Crippen molar-refractivity contribution in [2.75, 3.05) is 26.8 Å². The quantitative estimate of drug-likeness (QED) is 0.713. The molecule has 0 aliphatic carbocycles. The van der Waals surface area contributed by atoms with E-state index < -0.39 is 10.0 Å². The highest BCUT2D eigenvalue weighted by Gasteiger charge is 2.30. The van der Waals surface area contributed by atoms with E-state index in [-0.39, 0.29) is 6.04 Å². The van der Waals surface area contributed by atoms with Crippen molar-refractivity contribution in [1.29, 1.82) is 0 Å². The molecule has 0 bridgehead atoms. The van der Waals surface area contributed by atoms with E-state index in [4.69, 9.17) is 4.74 Å². The maximum atomic E-state index is 12.9. The Morgan fingerprint density at radius 2 is 2.14 bits per heavy atom. The molecule has 122 valence electrons. The lowest BCUT2D eigenvalue weighted by Gasteiger charge is -2.27. The Morgan fingerprint density at radius 3 is 2.71 bits per heavy atom. The lowest BCUT2D eigenvalue weighted by atomic mass is 10.3. The van der Waals surface area contributed by atoms with Crippen molar-refractivity contribution in [2.24, 2.45) is 0 Å². The highest BCUT2D eigenvalue weighted by Crippen LogP contribution is 2.27. The van der Waals surface area contributed by atoms with Crippen molar-refractivity contribution < 1.29 is 13.2 Å². The second kappa shape index (κ2) is 8.85. The molecule has 0 radical (unpaired) electrons. The molecule has 21 heavy (non-hydrogen) atoms. The van der Waals surface area contributed by atoms with Crippen LogP contribution in [0.2, 0.25) is 0 Å². The molecule has 0 amide bonds. The fraction of sp³-hybridized carbons (Fsp3) is 0.714. The average molecular weight is 335 g/mol. The first-order chi connectivity index (χ1) is 9.98. The Morgan fingerprint density at radius 1 is 1.43 bits per heavy atom. The van der Waals surface area contributed by atoms with Crippen molar-refractivity contribution in [3.05, 3.63) is 16.3 Å². The molecule has 1 rings (SSSR count). The number of sulfonamides is 1. The van der Waals surface area contributed by atoms with Crippen molar-refractivity contribution in [2.45, 2.75) is 44.7 Å². The summed E-state index contributed by atoms with van der Waals surface area (Å²) in [6.07, 6.45) is 0.773. The van der Waals surface area contributed by atoms with E-state index in [1.54, 1.807) is 17.5 Å². The van der Waals surface area contributed by atoms with Crippen molar-refractivity contribution in [1.82, 2.24) is 9.62 Å². The Bertz CT molecular complexity index is 514. The van der Waals surface area contributed by atoms with Gasteiger partial charge in [-0.15, -0.1) is 11.3 Å². The van der Waals surface area contributed by atoms with Crippen LogP contribution in [0.1, 0.15) is 32.1 Å². The van der Waals surface area contributed by atoms with Gasteiger partial charge in [0, 0.05) is 31.1 Å². The molecule has 0 fully saturated rings. The topological polar surface area (TPSA) is 58.6 Å². The molecule has 5 nitrogen and oxygen atoms in total. The number of thiophene rings is 1. The molecule has 0 aromatic carbocycles. The smallest absolute Gasteiger partial charge is 0.244 e. The molecule has 0 saturated heterocycles. The molecule has 1 heterocycles. The standard InChI is InChI=1S/C14H26N2O3S2/c1-5-12(3)16(8-9-19-4)21(17,18)14-7-10-20-13(14)11-15-6-2/h7,10,12,15H,5-6,8-9,11H2,1-4H3. The average Bonchev–Trinajstić information content (AvgIpc) is 2.94. The predicted molar refractivity (Wildman–Crippen MR) is 87.2 cm³/mol. The van der Waals surface area contributed by atoms with Crippen LogP contribution in [0.5, 0.6) is 0 Å². The minimum Gasteiger partial charge on any atom is -0.383 e. The van der Waals surface area contributed by atoms with Crippen molar-refractivity contribution in [3.63, 3.8) is 0 Å². The van der Waals surface area contributed by atoms with Gasteiger partial charge in [0.1, 0.15) is 0 Å². The molecule has 0 saturated carbocycles. The maximum Gasteiger partial charge on any atom is 0.244 e. The number of hydrogen-bond acceptors (Lipinski definition) is 5. The highest BCUT2D eigenvalue weighted by molar-refractivity contribution is 7.89. The maximum absolute atomic E-state index is 12.9. The van der Waals surface area contributed by atoms with Gasteiger partial charge >= 0.3 is 0 Å². The largest absolute Gasteiger partial charge is 0.383 e. The molecular weight excluding hydrogens is 308 g/mol. The summed E-state index contributed by atoms with van der Waals surface area (Å²) in [5.74, 6) is 0. The van der Waals surface area contributed by atoms with Crippen LogP contribution in [-0.2, 0) is 21.3 Å². The van der Waals surface area contributed by atoms with E-state index >= 15 is 0 Å². The van der Waals surface area contributed by atoms with Gasteiger partial charge in [-0.25, -0.2) is 8.42 Å². The molecule has 1 N–H and O–H groups in total. The van der Waals surface area contributed by atoms with Gasteiger partial charge in [-0.1, -0.05) is 13.8 Å². The highest BCUT2D eigenvalue weighted by atomic mass is 32.2. The minimum absolute atomic E-state index is 0.0444. The van der Waals surface area contributed by atoms with Crippen LogP contribution in [0, 0.1) is 0 Å². The molecular formula is C14H26N2O3S2. The third kappa shape index (κ3) is 4.75. The van der Waals surface area contributed by atoms with Gasteiger partial charge < -0.3 is 10.1 Å². The second-order valence-electron chi connectivity index (χ2n) is 4.85. The van der Waals surface area contributed by atoms with E-state index in [9.17, 15) is 8.42 Å². The summed E-state index contributed by atoms with van der Waals surface area (Å²) in [4.78, 5) is 1.28. The number of methoxy groups -OCH3 is 1. The van der Waals surface area contributed by atoms with Gasteiger partial charge in [0.05, 0.1) is 11.5 Å². The third-order valence-corrected chi connectivity index (χ3v) is 6.57. The minimum atomic E-state index is -3.48. The summed E-state index contributed by atoms with van der Waals surface area (Å²) in [6, 6.07) is 1.66. The zero-order chi connectivity index (χ0) is 15.9. The molecule has 7 heteroatoms. The molecule has 1 unspecified atom stereocenters. The number of nitrogens with one attached hydrogen (secondary N) is 1. The summed E-state index contributed by atoms with van der Waals surface area (Å²) in [7, 11) is -1.89. The molecule has 1 aromatic rings. The van der Waals surface area contributed by atoms with E-state index in [0.29, 0.717) is 24.6 Å². The number of nitrogens with zero attached hydrogens (tertiary/aromatic N) is 1. The Labute approximate surface area is 132 Å². The van der Waals surface area contributed by atoms with E-state index in [0.717, 1.165) is 17.8 Å². The van der Waals surface area contributed by atoms with Gasteiger partial charge in [0.2, 0.25) is 10.0 Å². The summed E-state index contributed by atoms with van der Waals surface area (Å²) >= 11 is 1.48. The van der Waals surface area contributed by atoms with Crippen LogP contribution >= 0.6 is 11.3 Å². The van der Waals surface area contributed by atoms with Crippen LogP contribution in [-0.4, -0.2) is 45.6 Å². The molecule has 0 aliphatic rings. The predicted octanol–water partition coefficient (Wildman–Crippen LogP) is 2.29. The van der Waals surface area contributed by atoms with Crippen molar-refractivity contribution in [3.8, 4) is 0 Å². The first-order valence-electron chi connectivity index (χ1n) is 7.26. The number of hydrogen-bond donors (Lipinski definition) is 1. The monoisotopic (exact) mass is 334 g/mol. The van der Waals surface area contributed by atoms with Gasteiger partial charge in [-0.3, -0.25) is 0 Å². The zero-order valence-corrected chi connectivity index (χ0v) is 14.9. The lowest BCUT2D eigenvalue weighted by Crippen LogP contribution is -2.40. The summed E-state index contributed by atoms with van der Waals surface area (Å²) in [6.45, 7) is 8.11. The van der Waals surface area contributed by atoms with Gasteiger partial charge in [0.15, 0.2) is 0 Å². The Balaban J connectivity index is 3.07. The summed E-state index contributed by atoms with van der Waals surface area (Å²) < 4.78 is 32.5. The summed E-state index contributed by atoms with van der Waals surface area (Å²) in [5.41, 5.74) is 0. The lowest BCUT2D eigenvalue weighted by molar-refractivity contribution is 0.167. The van der Waals surface area contributed by atoms with Crippen LogP contribution in [0.4, 0.5) is 0 Å². The Kier molecular flexibility index (Phi) is 7.83. The number of rotatable bonds is 10. The van der Waals surface area contributed by atoms with Gasteiger partial charge in [-0.05, 0) is 31.3 Å². The fourth-order valence-corrected chi connectivity index (χ4v) is 5.09.